The number of ether oxygens (including phenoxy) is 1. The molecule has 1 aromatic heterocycles. The minimum absolute atomic E-state index is 0.0467. The Bertz CT molecular complexity index is 1020. The van der Waals surface area contributed by atoms with E-state index in [4.69, 9.17) is 9.72 Å². The minimum Gasteiger partial charge on any atom is -0.493 e. The number of carbonyl (C=O) groups is 1. The molecule has 2 aromatic carbocycles. The maximum Gasteiger partial charge on any atom is 0.243 e. The molecule has 1 amide bonds. The van der Waals surface area contributed by atoms with Gasteiger partial charge >= 0.3 is 0 Å². The van der Waals surface area contributed by atoms with Crippen LogP contribution in [-0.2, 0) is 17.8 Å². The number of nitrogens with zero attached hydrogens (tertiary/aromatic N) is 2. The number of imidazole rings is 1. The minimum atomic E-state index is -0.0467. The lowest BCUT2D eigenvalue weighted by molar-refractivity contribution is -0.116. The van der Waals surface area contributed by atoms with Crippen LogP contribution in [0.3, 0.4) is 0 Å². The fraction of sp³-hybridized carbons (Fsp3) is 0.360. The lowest BCUT2D eigenvalue weighted by atomic mass is 10.1. The van der Waals surface area contributed by atoms with Gasteiger partial charge in [0.15, 0.2) is 0 Å². The predicted molar refractivity (Wildman–Crippen MR) is 122 cm³/mol. The molecular weight excluding hydrogens is 374 g/mol. The van der Waals surface area contributed by atoms with Crippen molar-refractivity contribution < 1.29 is 9.53 Å². The van der Waals surface area contributed by atoms with E-state index in [0.29, 0.717) is 13.2 Å². The first-order valence-electron chi connectivity index (χ1n) is 10.6. The van der Waals surface area contributed by atoms with Gasteiger partial charge in [0, 0.05) is 19.5 Å². The second kappa shape index (κ2) is 10.6. The Kier molecular flexibility index (Phi) is 7.66. The summed E-state index contributed by atoms with van der Waals surface area (Å²) in [5.74, 6) is 1.96. The van der Waals surface area contributed by atoms with Crippen LogP contribution in [0.5, 0.6) is 5.75 Å². The molecular formula is C25H31N3O2. The first-order chi connectivity index (χ1) is 14.6. The van der Waals surface area contributed by atoms with Gasteiger partial charge in [-0.2, -0.15) is 0 Å². The van der Waals surface area contributed by atoms with Crippen LogP contribution < -0.4 is 10.1 Å². The largest absolute Gasteiger partial charge is 0.493 e. The molecule has 0 spiro atoms. The fourth-order valence-electron chi connectivity index (χ4n) is 3.60. The van der Waals surface area contributed by atoms with E-state index in [-0.39, 0.29) is 5.91 Å². The van der Waals surface area contributed by atoms with Gasteiger partial charge in [0.25, 0.3) is 0 Å². The second-order valence-corrected chi connectivity index (χ2v) is 7.53. The first-order valence-corrected chi connectivity index (χ1v) is 10.6. The SMILES string of the molecule is C/C=C\C(=O)NCCCc1nc2ccccc2n1CCCOc1ccc(C)cc1C. The third-order valence-electron chi connectivity index (χ3n) is 5.04. The van der Waals surface area contributed by atoms with Crippen LogP contribution in [-0.4, -0.2) is 28.6 Å². The zero-order valence-electron chi connectivity index (χ0n) is 18.1. The molecule has 0 atom stereocenters. The molecule has 0 aliphatic carbocycles. The number of fused-ring (bicyclic) bond motifs is 1. The van der Waals surface area contributed by atoms with Crippen LogP contribution in [0.4, 0.5) is 0 Å². The van der Waals surface area contributed by atoms with Crippen LogP contribution in [0.15, 0.2) is 54.6 Å². The van der Waals surface area contributed by atoms with E-state index in [2.05, 4.69) is 48.0 Å². The highest BCUT2D eigenvalue weighted by Crippen LogP contribution is 2.20. The van der Waals surface area contributed by atoms with Crippen LogP contribution in [0, 0.1) is 13.8 Å². The van der Waals surface area contributed by atoms with Crippen molar-refractivity contribution in [2.75, 3.05) is 13.2 Å². The van der Waals surface area contributed by atoms with E-state index in [1.165, 1.54) is 11.1 Å². The molecule has 5 heteroatoms. The molecule has 0 saturated heterocycles. The van der Waals surface area contributed by atoms with E-state index in [0.717, 1.165) is 48.4 Å². The van der Waals surface area contributed by atoms with Crippen LogP contribution in [0.25, 0.3) is 11.0 Å². The van der Waals surface area contributed by atoms with Crippen molar-refractivity contribution in [3.05, 3.63) is 71.6 Å². The maximum absolute atomic E-state index is 11.6. The number of carbonyl (C=O) groups excluding carboxylic acids is 1. The quantitative estimate of drug-likeness (QED) is 0.391. The zero-order valence-corrected chi connectivity index (χ0v) is 18.1. The Morgan fingerprint density at radius 3 is 2.80 bits per heavy atom. The number of aromatic nitrogens is 2. The Labute approximate surface area is 178 Å². The van der Waals surface area contributed by atoms with Gasteiger partial charge in [0.1, 0.15) is 11.6 Å². The number of benzene rings is 2. The Balaban J connectivity index is 1.59. The van der Waals surface area contributed by atoms with Crippen molar-refractivity contribution in [3.8, 4) is 5.75 Å². The lowest BCUT2D eigenvalue weighted by Gasteiger charge is -2.12. The summed E-state index contributed by atoms with van der Waals surface area (Å²) in [6.07, 6.45) is 5.87. The summed E-state index contributed by atoms with van der Waals surface area (Å²) in [5, 5.41) is 2.90. The molecule has 1 N–H and O–H groups in total. The number of hydrogen-bond donors (Lipinski definition) is 1. The van der Waals surface area contributed by atoms with Gasteiger partial charge < -0.3 is 14.6 Å². The van der Waals surface area contributed by atoms with Crippen LogP contribution in [0.2, 0.25) is 0 Å². The molecule has 3 rings (SSSR count). The molecule has 0 radical (unpaired) electrons. The average Bonchev–Trinajstić information content (AvgIpc) is 3.07. The number of amides is 1. The Hall–Kier alpha value is -3.08. The molecule has 5 nitrogen and oxygen atoms in total. The smallest absolute Gasteiger partial charge is 0.243 e. The van der Waals surface area contributed by atoms with Gasteiger partial charge in [0.05, 0.1) is 17.6 Å². The highest BCUT2D eigenvalue weighted by Gasteiger charge is 2.10. The Morgan fingerprint density at radius 1 is 1.17 bits per heavy atom. The molecule has 0 fully saturated rings. The molecule has 30 heavy (non-hydrogen) atoms. The molecule has 1 heterocycles. The third kappa shape index (κ3) is 5.72. The van der Waals surface area contributed by atoms with Crippen molar-refractivity contribution in [1.82, 2.24) is 14.9 Å². The van der Waals surface area contributed by atoms with E-state index in [1.807, 2.05) is 25.1 Å². The van der Waals surface area contributed by atoms with Crippen LogP contribution in [0.1, 0.15) is 36.7 Å². The van der Waals surface area contributed by atoms with Gasteiger partial charge in [-0.15, -0.1) is 0 Å². The lowest BCUT2D eigenvalue weighted by Crippen LogP contribution is -2.22. The average molecular weight is 406 g/mol. The summed E-state index contributed by atoms with van der Waals surface area (Å²) in [6.45, 7) is 8.17. The summed E-state index contributed by atoms with van der Waals surface area (Å²) >= 11 is 0. The third-order valence-corrected chi connectivity index (χ3v) is 5.04. The molecule has 158 valence electrons. The van der Waals surface area contributed by atoms with Gasteiger partial charge in [-0.3, -0.25) is 4.79 Å². The van der Waals surface area contributed by atoms with E-state index in [1.54, 1.807) is 12.2 Å². The fourth-order valence-corrected chi connectivity index (χ4v) is 3.60. The molecule has 0 unspecified atom stereocenters. The highest BCUT2D eigenvalue weighted by atomic mass is 16.5. The standard InChI is InChI=1S/C25H31N3O2/c1-4-9-25(29)26-15-7-12-24-27-21-10-5-6-11-22(21)28(24)16-8-17-30-23-14-13-19(2)18-20(23)3/h4-6,9-11,13-14,18H,7-8,12,15-17H2,1-3H3,(H,26,29)/b9-4-. The molecule has 0 aliphatic rings. The first kappa shape index (κ1) is 21.6. The van der Waals surface area contributed by atoms with Crippen LogP contribution >= 0.6 is 0 Å². The molecule has 0 bridgehead atoms. The maximum atomic E-state index is 11.6. The summed E-state index contributed by atoms with van der Waals surface area (Å²) in [7, 11) is 0. The molecule has 3 aromatic rings. The summed E-state index contributed by atoms with van der Waals surface area (Å²) in [5.41, 5.74) is 4.58. The Morgan fingerprint density at radius 2 is 2.00 bits per heavy atom. The number of allylic oxidation sites excluding steroid dienone is 1. The second-order valence-electron chi connectivity index (χ2n) is 7.53. The number of para-hydroxylation sites is 2. The van der Waals surface area contributed by atoms with Gasteiger partial charge in [-0.05, 0) is 63.5 Å². The summed E-state index contributed by atoms with van der Waals surface area (Å²) < 4.78 is 8.29. The highest BCUT2D eigenvalue weighted by molar-refractivity contribution is 5.87. The normalized spacial score (nSPS) is 11.3. The van der Waals surface area contributed by atoms with E-state index >= 15 is 0 Å². The van der Waals surface area contributed by atoms with Crippen molar-refractivity contribution in [3.63, 3.8) is 0 Å². The van der Waals surface area contributed by atoms with Gasteiger partial charge in [0.2, 0.25) is 5.91 Å². The zero-order chi connectivity index (χ0) is 21.3. The topological polar surface area (TPSA) is 56.2 Å². The number of nitrogens with one attached hydrogen (secondary N) is 1. The molecule has 0 aliphatic heterocycles. The van der Waals surface area contributed by atoms with E-state index < -0.39 is 0 Å². The number of rotatable bonds is 10. The van der Waals surface area contributed by atoms with Crippen molar-refractivity contribution in [2.45, 2.75) is 46.6 Å². The predicted octanol–water partition coefficient (Wildman–Crippen LogP) is 4.75. The summed E-state index contributed by atoms with van der Waals surface area (Å²) in [6, 6.07) is 14.5. The van der Waals surface area contributed by atoms with Crippen molar-refractivity contribution in [1.29, 1.82) is 0 Å². The number of hydrogen-bond acceptors (Lipinski definition) is 3. The van der Waals surface area contributed by atoms with Gasteiger partial charge in [-0.1, -0.05) is 35.9 Å². The van der Waals surface area contributed by atoms with Crippen molar-refractivity contribution >= 4 is 16.9 Å². The monoisotopic (exact) mass is 405 g/mol. The summed E-state index contributed by atoms with van der Waals surface area (Å²) in [4.78, 5) is 16.4. The van der Waals surface area contributed by atoms with Gasteiger partial charge in [-0.25, -0.2) is 4.98 Å². The van der Waals surface area contributed by atoms with Crippen molar-refractivity contribution in [2.24, 2.45) is 0 Å². The van der Waals surface area contributed by atoms with E-state index in [9.17, 15) is 4.79 Å². The molecule has 0 saturated carbocycles. The number of aryl methyl sites for hydroxylation is 4.